The van der Waals surface area contributed by atoms with E-state index in [0.717, 1.165) is 36.2 Å². The van der Waals surface area contributed by atoms with Crippen molar-refractivity contribution in [1.82, 2.24) is 9.80 Å². The van der Waals surface area contributed by atoms with Crippen LogP contribution < -0.4 is 5.32 Å². The summed E-state index contributed by atoms with van der Waals surface area (Å²) in [5.74, 6) is 0.0245. The fourth-order valence-electron chi connectivity index (χ4n) is 3.33. The quantitative estimate of drug-likeness (QED) is 0.925. The predicted molar refractivity (Wildman–Crippen MR) is 92.6 cm³/mol. The zero-order chi connectivity index (χ0) is 17.1. The summed E-state index contributed by atoms with van der Waals surface area (Å²) in [4.78, 5) is 28.2. The maximum absolute atomic E-state index is 12.4. The zero-order valence-corrected chi connectivity index (χ0v) is 14.8. The molecule has 1 aromatic rings. The minimum absolute atomic E-state index is 0.0569. The molecule has 0 bridgehead atoms. The maximum Gasteiger partial charge on any atom is 0.239 e. The third-order valence-electron chi connectivity index (χ3n) is 4.38. The van der Waals surface area contributed by atoms with Crippen LogP contribution in [0.25, 0.3) is 0 Å². The first-order chi connectivity index (χ1) is 10.8. The molecular weight excluding hydrogens is 290 g/mol. The molecule has 5 heteroatoms. The van der Waals surface area contributed by atoms with E-state index in [1.807, 2.05) is 25.7 Å². The van der Waals surface area contributed by atoms with Crippen molar-refractivity contribution in [2.24, 2.45) is 0 Å². The van der Waals surface area contributed by atoms with Crippen molar-refractivity contribution >= 4 is 17.5 Å². The van der Waals surface area contributed by atoms with Gasteiger partial charge in [0.05, 0.1) is 12.6 Å². The molecule has 2 rings (SSSR count). The van der Waals surface area contributed by atoms with E-state index in [4.69, 9.17) is 0 Å². The fourth-order valence-corrected chi connectivity index (χ4v) is 3.33. The molecule has 1 N–H and O–H groups in total. The number of aryl methyl sites for hydroxylation is 3. The number of rotatable bonds is 4. The first-order valence-electron chi connectivity index (χ1n) is 8.12. The lowest BCUT2D eigenvalue weighted by Gasteiger charge is -2.25. The van der Waals surface area contributed by atoms with Gasteiger partial charge < -0.3 is 10.2 Å². The van der Waals surface area contributed by atoms with Crippen LogP contribution in [0.15, 0.2) is 12.1 Å². The van der Waals surface area contributed by atoms with E-state index in [2.05, 4.69) is 17.4 Å². The molecular formula is C18H27N3O2. The molecule has 126 valence electrons. The number of likely N-dealkylation sites (N-methyl/N-ethyl adjacent to an activating group) is 1. The van der Waals surface area contributed by atoms with E-state index < -0.39 is 0 Å². The minimum atomic E-state index is -0.170. The molecule has 2 amide bonds. The molecule has 0 spiro atoms. The molecule has 1 aromatic carbocycles. The van der Waals surface area contributed by atoms with Gasteiger partial charge in [-0.1, -0.05) is 17.7 Å². The molecule has 0 radical (unpaired) electrons. The third-order valence-corrected chi connectivity index (χ3v) is 4.38. The van der Waals surface area contributed by atoms with Crippen LogP contribution in [0.4, 0.5) is 5.69 Å². The van der Waals surface area contributed by atoms with Gasteiger partial charge in [0, 0.05) is 19.8 Å². The van der Waals surface area contributed by atoms with Gasteiger partial charge in [-0.05, 0) is 51.3 Å². The van der Waals surface area contributed by atoms with Crippen LogP contribution in [0.2, 0.25) is 0 Å². The predicted octanol–water partition coefficient (Wildman–Crippen LogP) is 2.10. The maximum atomic E-state index is 12.4. The highest BCUT2D eigenvalue weighted by atomic mass is 16.2. The van der Waals surface area contributed by atoms with Crippen LogP contribution in [-0.2, 0) is 9.59 Å². The molecule has 1 fully saturated rings. The van der Waals surface area contributed by atoms with Crippen LogP contribution >= 0.6 is 0 Å². The van der Waals surface area contributed by atoms with Crippen molar-refractivity contribution in [3.8, 4) is 0 Å². The Kier molecular flexibility index (Phi) is 5.42. The number of likely N-dealkylation sites (tertiary alicyclic amines) is 1. The lowest BCUT2D eigenvalue weighted by Crippen LogP contribution is -2.45. The smallest absolute Gasteiger partial charge is 0.239 e. The van der Waals surface area contributed by atoms with Crippen molar-refractivity contribution < 1.29 is 9.59 Å². The third kappa shape index (κ3) is 4.10. The molecule has 0 unspecified atom stereocenters. The number of hydrogen-bond acceptors (Lipinski definition) is 3. The van der Waals surface area contributed by atoms with Gasteiger partial charge >= 0.3 is 0 Å². The summed E-state index contributed by atoms with van der Waals surface area (Å²) in [6, 6.07) is 3.96. The normalized spacial score (nSPS) is 18.0. The Hall–Kier alpha value is -1.88. The van der Waals surface area contributed by atoms with Gasteiger partial charge in [-0.3, -0.25) is 14.5 Å². The topological polar surface area (TPSA) is 52.7 Å². The summed E-state index contributed by atoms with van der Waals surface area (Å²) in [5, 5.41) is 3.02. The monoisotopic (exact) mass is 317 g/mol. The van der Waals surface area contributed by atoms with E-state index in [1.54, 1.807) is 19.0 Å². The molecule has 1 atom stereocenters. The Balaban J connectivity index is 2.04. The molecule has 0 aliphatic carbocycles. The van der Waals surface area contributed by atoms with Crippen molar-refractivity contribution in [2.75, 3.05) is 32.5 Å². The Morgan fingerprint density at radius 3 is 2.39 bits per heavy atom. The molecule has 23 heavy (non-hydrogen) atoms. The Labute approximate surface area is 138 Å². The Morgan fingerprint density at radius 1 is 1.22 bits per heavy atom. The highest BCUT2D eigenvalue weighted by Gasteiger charge is 2.32. The number of anilines is 1. The molecule has 1 heterocycles. The number of amides is 2. The first kappa shape index (κ1) is 17.5. The van der Waals surface area contributed by atoms with Gasteiger partial charge in [0.25, 0.3) is 0 Å². The van der Waals surface area contributed by atoms with Crippen LogP contribution in [0.5, 0.6) is 0 Å². The largest absolute Gasteiger partial charge is 0.347 e. The number of benzene rings is 1. The van der Waals surface area contributed by atoms with Crippen LogP contribution in [0.3, 0.4) is 0 Å². The van der Waals surface area contributed by atoms with E-state index in [-0.39, 0.29) is 24.4 Å². The number of hydrogen-bond donors (Lipinski definition) is 1. The summed E-state index contributed by atoms with van der Waals surface area (Å²) in [5.41, 5.74) is 4.21. The second-order valence-corrected chi connectivity index (χ2v) is 6.68. The second-order valence-electron chi connectivity index (χ2n) is 6.68. The summed E-state index contributed by atoms with van der Waals surface area (Å²) in [6.07, 6.45) is 1.78. The molecule has 1 aliphatic heterocycles. The highest BCUT2D eigenvalue weighted by molar-refractivity contribution is 5.94. The second kappa shape index (κ2) is 7.13. The molecule has 0 aromatic heterocycles. The molecule has 5 nitrogen and oxygen atoms in total. The summed E-state index contributed by atoms with van der Waals surface area (Å²) >= 11 is 0. The summed E-state index contributed by atoms with van der Waals surface area (Å²) in [6.45, 7) is 7.11. The van der Waals surface area contributed by atoms with E-state index in [1.165, 1.54) is 5.56 Å². The van der Waals surface area contributed by atoms with Gasteiger partial charge in [0.2, 0.25) is 11.8 Å². The SMILES string of the molecule is Cc1cc(C)c(NC(=O)CN2CCC[C@H]2C(=O)N(C)C)c(C)c1. The average molecular weight is 317 g/mol. The first-order valence-corrected chi connectivity index (χ1v) is 8.12. The van der Waals surface area contributed by atoms with Crippen molar-refractivity contribution in [3.63, 3.8) is 0 Å². The van der Waals surface area contributed by atoms with Gasteiger partial charge in [0.1, 0.15) is 0 Å². The van der Waals surface area contributed by atoms with E-state index in [0.29, 0.717) is 0 Å². The standard InChI is InChI=1S/C18H27N3O2/c1-12-9-13(2)17(14(3)10-12)19-16(22)11-21-8-6-7-15(21)18(23)20(4)5/h9-10,15H,6-8,11H2,1-5H3,(H,19,22)/t15-/m0/s1. The van der Waals surface area contributed by atoms with Crippen molar-refractivity contribution in [3.05, 3.63) is 28.8 Å². The lowest BCUT2D eigenvalue weighted by atomic mass is 10.1. The van der Waals surface area contributed by atoms with Crippen LogP contribution in [-0.4, -0.2) is 54.8 Å². The van der Waals surface area contributed by atoms with Gasteiger partial charge in [0.15, 0.2) is 0 Å². The number of carbonyl (C=O) groups excluding carboxylic acids is 2. The van der Waals surface area contributed by atoms with Gasteiger partial charge in [-0.2, -0.15) is 0 Å². The van der Waals surface area contributed by atoms with Crippen LogP contribution in [0, 0.1) is 20.8 Å². The lowest BCUT2D eigenvalue weighted by molar-refractivity contribution is -0.133. The number of nitrogens with zero attached hydrogens (tertiary/aromatic N) is 2. The molecule has 1 aliphatic rings. The number of nitrogens with one attached hydrogen (secondary N) is 1. The Morgan fingerprint density at radius 2 is 1.83 bits per heavy atom. The van der Waals surface area contributed by atoms with Crippen molar-refractivity contribution in [1.29, 1.82) is 0 Å². The van der Waals surface area contributed by atoms with E-state index in [9.17, 15) is 9.59 Å². The minimum Gasteiger partial charge on any atom is -0.347 e. The molecule has 0 saturated carbocycles. The summed E-state index contributed by atoms with van der Waals surface area (Å²) in [7, 11) is 3.52. The van der Waals surface area contributed by atoms with Gasteiger partial charge in [-0.15, -0.1) is 0 Å². The number of carbonyl (C=O) groups is 2. The molecule has 1 saturated heterocycles. The highest BCUT2D eigenvalue weighted by Crippen LogP contribution is 2.23. The van der Waals surface area contributed by atoms with Crippen molar-refractivity contribution in [2.45, 2.75) is 39.7 Å². The average Bonchev–Trinajstić information content (AvgIpc) is 2.89. The zero-order valence-electron chi connectivity index (χ0n) is 14.8. The van der Waals surface area contributed by atoms with E-state index >= 15 is 0 Å². The Bertz CT molecular complexity index is 587. The van der Waals surface area contributed by atoms with Gasteiger partial charge in [-0.25, -0.2) is 0 Å². The fraction of sp³-hybridized carbons (Fsp3) is 0.556. The van der Waals surface area contributed by atoms with Crippen LogP contribution in [0.1, 0.15) is 29.5 Å². The summed E-state index contributed by atoms with van der Waals surface area (Å²) < 4.78 is 0.